The van der Waals surface area contributed by atoms with Crippen molar-refractivity contribution < 1.29 is 14.7 Å². The third kappa shape index (κ3) is 3.73. The monoisotopic (exact) mass is 362 g/mol. The summed E-state index contributed by atoms with van der Waals surface area (Å²) in [5.74, 6) is -0.786. The van der Waals surface area contributed by atoms with Crippen LogP contribution in [0.5, 0.6) is 0 Å². The highest BCUT2D eigenvalue weighted by atomic mass is 32.1. The maximum Gasteiger partial charge on any atom is 0.347 e. The van der Waals surface area contributed by atoms with Crippen LogP contribution in [-0.4, -0.2) is 50.2 Å². The van der Waals surface area contributed by atoms with Gasteiger partial charge in [-0.05, 0) is 18.9 Å². The van der Waals surface area contributed by atoms with Crippen molar-refractivity contribution in [3.05, 3.63) is 33.5 Å². The highest BCUT2D eigenvalue weighted by Gasteiger charge is 2.28. The molecular formula is C17H22N4O3S. The Kier molecular flexibility index (Phi) is 4.64. The minimum absolute atomic E-state index is 0.0597. The van der Waals surface area contributed by atoms with Gasteiger partial charge in [0.15, 0.2) is 0 Å². The van der Waals surface area contributed by atoms with E-state index in [2.05, 4.69) is 36.0 Å². The summed E-state index contributed by atoms with van der Waals surface area (Å²) in [4.78, 5) is 29.9. The van der Waals surface area contributed by atoms with Gasteiger partial charge in [-0.2, -0.15) is 5.10 Å². The van der Waals surface area contributed by atoms with Crippen LogP contribution in [0.1, 0.15) is 70.4 Å². The third-order valence-corrected chi connectivity index (χ3v) is 5.62. The summed E-state index contributed by atoms with van der Waals surface area (Å²) >= 11 is 1.23. The second-order valence-electron chi connectivity index (χ2n) is 7.35. The van der Waals surface area contributed by atoms with Gasteiger partial charge in [-0.15, -0.1) is 11.3 Å². The van der Waals surface area contributed by atoms with Crippen LogP contribution in [0.15, 0.2) is 12.3 Å². The van der Waals surface area contributed by atoms with E-state index < -0.39 is 5.97 Å². The first-order valence-electron chi connectivity index (χ1n) is 8.30. The Balaban J connectivity index is 1.62. The molecule has 134 valence electrons. The molecule has 1 fully saturated rings. The average molecular weight is 362 g/mol. The molecule has 0 unspecified atom stereocenters. The van der Waals surface area contributed by atoms with Crippen LogP contribution in [0, 0.1) is 0 Å². The number of hydrogen-bond donors (Lipinski definition) is 2. The first-order valence-corrected chi connectivity index (χ1v) is 9.11. The molecule has 3 heterocycles. The highest BCUT2D eigenvalue weighted by Crippen LogP contribution is 2.31. The van der Waals surface area contributed by atoms with Gasteiger partial charge in [-0.3, -0.25) is 9.89 Å². The molecule has 1 amide bonds. The van der Waals surface area contributed by atoms with E-state index in [0.717, 1.165) is 23.5 Å². The third-order valence-electron chi connectivity index (χ3n) is 4.47. The molecule has 0 atom stereocenters. The van der Waals surface area contributed by atoms with E-state index in [1.54, 1.807) is 0 Å². The van der Waals surface area contributed by atoms with E-state index in [1.807, 2.05) is 11.0 Å². The number of carboxylic acid groups (broad SMARTS) is 1. The number of nitrogens with zero attached hydrogens (tertiary/aromatic N) is 3. The molecule has 0 bridgehead atoms. The van der Waals surface area contributed by atoms with E-state index >= 15 is 0 Å². The summed E-state index contributed by atoms with van der Waals surface area (Å²) in [5, 5.41) is 17.0. The maximum absolute atomic E-state index is 12.6. The number of nitrogens with one attached hydrogen (secondary N) is 1. The maximum atomic E-state index is 12.6. The molecule has 0 aliphatic carbocycles. The first kappa shape index (κ1) is 17.6. The standard InChI is InChI=1S/C17H22N4O3S/c1-17(2,3)13-8-11(19-20-13)15(22)21-6-4-10(5-7-21)14-18-9-12(25-14)16(23)24/h8-10H,4-7H2,1-3H3,(H,19,20)(H,23,24). The molecule has 1 saturated heterocycles. The predicted molar refractivity (Wildman–Crippen MR) is 94.2 cm³/mol. The Bertz CT molecular complexity index is 782. The van der Waals surface area contributed by atoms with Crippen LogP contribution in [0.2, 0.25) is 0 Å². The molecular weight excluding hydrogens is 340 g/mol. The summed E-state index contributed by atoms with van der Waals surface area (Å²) in [5.41, 5.74) is 1.31. The van der Waals surface area contributed by atoms with Crippen LogP contribution < -0.4 is 0 Å². The molecule has 25 heavy (non-hydrogen) atoms. The van der Waals surface area contributed by atoms with Crippen LogP contribution in [-0.2, 0) is 5.41 Å². The molecule has 1 aliphatic rings. The number of hydrogen-bond acceptors (Lipinski definition) is 5. The number of aromatic nitrogens is 3. The SMILES string of the molecule is CC(C)(C)c1cc(C(=O)N2CCC(c3ncc(C(=O)O)s3)CC2)n[nH]1. The van der Waals surface area contributed by atoms with Gasteiger partial charge in [0.05, 0.1) is 11.2 Å². The van der Waals surface area contributed by atoms with E-state index in [9.17, 15) is 9.59 Å². The van der Waals surface area contributed by atoms with Gasteiger partial charge in [0.25, 0.3) is 5.91 Å². The van der Waals surface area contributed by atoms with Crippen LogP contribution in [0.4, 0.5) is 0 Å². The summed E-state index contributed by atoms with van der Waals surface area (Å²) in [7, 11) is 0. The number of thiazole rings is 1. The minimum Gasteiger partial charge on any atom is -0.477 e. The Morgan fingerprint density at radius 2 is 2.00 bits per heavy atom. The molecule has 3 rings (SSSR count). The van der Waals surface area contributed by atoms with Crippen molar-refractivity contribution in [1.82, 2.24) is 20.1 Å². The first-order chi connectivity index (χ1) is 11.8. The van der Waals surface area contributed by atoms with Crippen LogP contribution in [0.25, 0.3) is 0 Å². The summed E-state index contributed by atoms with van der Waals surface area (Å²) in [6.45, 7) is 7.46. The van der Waals surface area contributed by atoms with Crippen LogP contribution in [0.3, 0.4) is 0 Å². The second-order valence-corrected chi connectivity index (χ2v) is 8.41. The van der Waals surface area contributed by atoms with Crippen molar-refractivity contribution >= 4 is 23.2 Å². The predicted octanol–water partition coefficient (Wildman–Crippen LogP) is 2.88. The van der Waals surface area contributed by atoms with Crippen molar-refractivity contribution in [3.63, 3.8) is 0 Å². The molecule has 2 aromatic rings. The van der Waals surface area contributed by atoms with E-state index in [4.69, 9.17) is 5.11 Å². The molecule has 0 saturated carbocycles. The normalized spacial score (nSPS) is 16.2. The zero-order valence-corrected chi connectivity index (χ0v) is 15.4. The van der Waals surface area contributed by atoms with Gasteiger partial charge in [-0.25, -0.2) is 9.78 Å². The van der Waals surface area contributed by atoms with Gasteiger partial charge in [0, 0.05) is 30.1 Å². The van der Waals surface area contributed by atoms with Crippen LogP contribution >= 0.6 is 11.3 Å². The number of rotatable bonds is 3. The van der Waals surface area contributed by atoms with Crippen molar-refractivity contribution in [1.29, 1.82) is 0 Å². The van der Waals surface area contributed by atoms with E-state index in [-0.39, 0.29) is 22.1 Å². The second kappa shape index (κ2) is 6.59. The Hall–Kier alpha value is -2.22. The molecule has 7 nitrogen and oxygen atoms in total. The Labute approximate surface area is 150 Å². The van der Waals surface area contributed by atoms with E-state index in [1.165, 1.54) is 17.5 Å². The average Bonchev–Trinajstić information content (AvgIpc) is 3.23. The molecule has 0 aromatic carbocycles. The largest absolute Gasteiger partial charge is 0.477 e. The molecule has 1 aliphatic heterocycles. The Morgan fingerprint density at radius 1 is 1.32 bits per heavy atom. The summed E-state index contributed by atoms with van der Waals surface area (Å²) < 4.78 is 0. The number of likely N-dealkylation sites (tertiary alicyclic amines) is 1. The van der Waals surface area contributed by atoms with Crippen molar-refractivity contribution in [2.75, 3.05) is 13.1 Å². The number of aromatic amines is 1. The molecule has 0 spiro atoms. The Morgan fingerprint density at radius 3 is 2.52 bits per heavy atom. The van der Waals surface area contributed by atoms with Gasteiger partial charge in [-0.1, -0.05) is 20.8 Å². The molecule has 2 N–H and O–H groups in total. The zero-order chi connectivity index (χ0) is 18.2. The number of amides is 1. The fourth-order valence-corrected chi connectivity index (χ4v) is 3.81. The lowest BCUT2D eigenvalue weighted by Crippen LogP contribution is -2.38. The fourth-order valence-electron chi connectivity index (χ4n) is 2.88. The van der Waals surface area contributed by atoms with Crippen molar-refractivity contribution in [2.45, 2.75) is 44.9 Å². The molecule has 0 radical (unpaired) electrons. The van der Waals surface area contributed by atoms with E-state index in [0.29, 0.717) is 18.8 Å². The number of carboxylic acids is 1. The summed E-state index contributed by atoms with van der Waals surface area (Å²) in [6.07, 6.45) is 2.99. The number of aromatic carboxylic acids is 1. The van der Waals surface area contributed by atoms with Gasteiger partial charge in [0.2, 0.25) is 0 Å². The lowest BCUT2D eigenvalue weighted by Gasteiger charge is -2.30. The topological polar surface area (TPSA) is 99.2 Å². The lowest BCUT2D eigenvalue weighted by atomic mass is 9.92. The number of H-pyrrole nitrogens is 1. The molecule has 2 aromatic heterocycles. The summed E-state index contributed by atoms with van der Waals surface area (Å²) in [6, 6.07) is 1.83. The highest BCUT2D eigenvalue weighted by molar-refractivity contribution is 7.13. The van der Waals surface area contributed by atoms with Gasteiger partial charge < -0.3 is 10.0 Å². The smallest absolute Gasteiger partial charge is 0.347 e. The number of carbonyl (C=O) groups excluding carboxylic acids is 1. The number of carbonyl (C=O) groups is 2. The number of piperidine rings is 1. The van der Waals surface area contributed by atoms with Gasteiger partial charge >= 0.3 is 5.97 Å². The van der Waals surface area contributed by atoms with Crippen molar-refractivity contribution in [2.24, 2.45) is 0 Å². The van der Waals surface area contributed by atoms with Gasteiger partial charge in [0.1, 0.15) is 10.6 Å². The quantitative estimate of drug-likeness (QED) is 0.875. The lowest BCUT2D eigenvalue weighted by molar-refractivity contribution is 0.0695. The minimum atomic E-state index is -0.940. The van der Waals surface area contributed by atoms with Crippen molar-refractivity contribution in [3.8, 4) is 0 Å². The fraction of sp³-hybridized carbons (Fsp3) is 0.529. The molecule has 8 heteroatoms. The zero-order valence-electron chi connectivity index (χ0n) is 14.6.